The molecule has 0 saturated heterocycles. The number of hydrogen-bond acceptors (Lipinski definition) is 5. The molecule has 0 radical (unpaired) electrons. The maximum Gasteiger partial charge on any atom is 0.257 e. The highest BCUT2D eigenvalue weighted by Gasteiger charge is 2.16. The van der Waals surface area contributed by atoms with Gasteiger partial charge < -0.3 is 4.42 Å². The first kappa shape index (κ1) is 14.4. The average Bonchev–Trinajstić information content (AvgIpc) is 3.12. The number of thiophene rings is 1. The third kappa shape index (κ3) is 3.19. The second kappa shape index (κ2) is 6.03. The van der Waals surface area contributed by atoms with E-state index >= 15 is 0 Å². The molecule has 3 aromatic rings. The highest BCUT2D eigenvalue weighted by Crippen LogP contribution is 2.36. The van der Waals surface area contributed by atoms with Crippen molar-refractivity contribution in [3.05, 3.63) is 52.7 Å². The van der Waals surface area contributed by atoms with E-state index in [1.165, 1.54) is 16.0 Å². The van der Waals surface area contributed by atoms with Crippen molar-refractivity contribution in [2.24, 2.45) is 0 Å². The quantitative estimate of drug-likeness (QED) is 0.615. The number of thioether (sulfide) groups is 1. The van der Waals surface area contributed by atoms with Gasteiger partial charge in [0, 0.05) is 4.90 Å². The molecule has 1 atom stereocenters. The number of hydrogen-bond donors (Lipinski definition) is 0. The van der Waals surface area contributed by atoms with E-state index in [9.17, 15) is 0 Å². The fourth-order valence-electron chi connectivity index (χ4n) is 1.94. The first-order chi connectivity index (χ1) is 10.1. The van der Waals surface area contributed by atoms with Gasteiger partial charge in [-0.05, 0) is 55.5 Å². The smallest absolute Gasteiger partial charge is 0.257 e. The van der Waals surface area contributed by atoms with Crippen LogP contribution in [0.4, 0.5) is 0 Å². The summed E-state index contributed by atoms with van der Waals surface area (Å²) >= 11 is 3.34. The molecule has 1 unspecified atom stereocenters. The number of nitrogens with zero attached hydrogens (tertiary/aromatic N) is 2. The summed E-state index contributed by atoms with van der Waals surface area (Å²) in [5.41, 5.74) is 2.61. The van der Waals surface area contributed by atoms with Crippen molar-refractivity contribution in [2.45, 2.75) is 30.9 Å². The number of aromatic nitrogens is 2. The SMILES string of the molecule is Cc1ccc(SC(C)c2nnc(-c3cccs3)o2)cc1C. The van der Waals surface area contributed by atoms with Crippen molar-refractivity contribution >= 4 is 23.1 Å². The van der Waals surface area contributed by atoms with Gasteiger partial charge in [-0.15, -0.1) is 33.3 Å². The Labute approximate surface area is 132 Å². The molecule has 0 N–H and O–H groups in total. The Hall–Kier alpha value is -1.59. The third-order valence-corrected chi connectivity index (χ3v) is 5.25. The summed E-state index contributed by atoms with van der Waals surface area (Å²) in [6.07, 6.45) is 0. The summed E-state index contributed by atoms with van der Waals surface area (Å²) in [5, 5.41) is 10.4. The molecule has 108 valence electrons. The predicted molar refractivity (Wildman–Crippen MR) is 87.8 cm³/mol. The minimum Gasteiger partial charge on any atom is -0.419 e. The minimum absolute atomic E-state index is 0.133. The van der Waals surface area contributed by atoms with Crippen molar-refractivity contribution in [2.75, 3.05) is 0 Å². The lowest BCUT2D eigenvalue weighted by Gasteiger charge is -2.08. The van der Waals surface area contributed by atoms with Crippen LogP contribution in [0, 0.1) is 13.8 Å². The Morgan fingerprint density at radius 2 is 2.00 bits per heavy atom. The van der Waals surface area contributed by atoms with Crippen LogP contribution in [0.15, 0.2) is 45.0 Å². The monoisotopic (exact) mass is 316 g/mol. The van der Waals surface area contributed by atoms with Crippen LogP contribution in [0.5, 0.6) is 0 Å². The van der Waals surface area contributed by atoms with E-state index < -0.39 is 0 Å². The van der Waals surface area contributed by atoms with E-state index in [0.29, 0.717) is 11.8 Å². The summed E-state index contributed by atoms with van der Waals surface area (Å²) in [7, 11) is 0. The molecule has 0 fully saturated rings. The van der Waals surface area contributed by atoms with Gasteiger partial charge in [-0.3, -0.25) is 0 Å². The van der Waals surface area contributed by atoms with Crippen LogP contribution in [-0.2, 0) is 0 Å². The molecule has 3 rings (SSSR count). The molecule has 1 aromatic carbocycles. The van der Waals surface area contributed by atoms with Crippen LogP contribution in [0.1, 0.15) is 29.2 Å². The summed E-state index contributed by atoms with van der Waals surface area (Å²) in [6, 6.07) is 10.5. The topological polar surface area (TPSA) is 38.9 Å². The molecule has 0 spiro atoms. The van der Waals surface area contributed by atoms with Crippen molar-refractivity contribution in [1.29, 1.82) is 0 Å². The van der Waals surface area contributed by atoms with Gasteiger partial charge in [0.15, 0.2) is 0 Å². The summed E-state index contributed by atoms with van der Waals surface area (Å²) in [5.74, 6) is 1.27. The van der Waals surface area contributed by atoms with Gasteiger partial charge in [0.25, 0.3) is 5.89 Å². The molecule has 0 amide bonds. The van der Waals surface area contributed by atoms with Crippen LogP contribution in [0.25, 0.3) is 10.8 Å². The van der Waals surface area contributed by atoms with Crippen molar-refractivity contribution < 1.29 is 4.42 Å². The minimum atomic E-state index is 0.133. The Morgan fingerprint density at radius 1 is 1.14 bits per heavy atom. The van der Waals surface area contributed by atoms with Crippen LogP contribution in [0.2, 0.25) is 0 Å². The highest BCUT2D eigenvalue weighted by molar-refractivity contribution is 7.99. The molecule has 21 heavy (non-hydrogen) atoms. The zero-order chi connectivity index (χ0) is 14.8. The van der Waals surface area contributed by atoms with Crippen molar-refractivity contribution in [3.63, 3.8) is 0 Å². The number of rotatable bonds is 4. The molecule has 5 heteroatoms. The van der Waals surface area contributed by atoms with Gasteiger partial charge in [-0.1, -0.05) is 12.1 Å². The Kier molecular flexibility index (Phi) is 4.12. The lowest BCUT2D eigenvalue weighted by atomic mass is 10.1. The fraction of sp³-hybridized carbons (Fsp3) is 0.250. The van der Waals surface area contributed by atoms with E-state index in [2.05, 4.69) is 49.2 Å². The summed E-state index contributed by atoms with van der Waals surface area (Å²) in [4.78, 5) is 2.23. The first-order valence-electron chi connectivity index (χ1n) is 6.74. The van der Waals surface area contributed by atoms with E-state index in [1.807, 2.05) is 17.5 Å². The molecule has 0 aliphatic rings. The Morgan fingerprint density at radius 3 is 2.71 bits per heavy atom. The molecular formula is C16H16N2OS2. The fourth-order valence-corrected chi connectivity index (χ4v) is 3.58. The van der Waals surface area contributed by atoms with Crippen molar-refractivity contribution in [1.82, 2.24) is 10.2 Å². The maximum atomic E-state index is 5.78. The van der Waals surface area contributed by atoms with Crippen molar-refractivity contribution in [3.8, 4) is 10.8 Å². The standard InChI is InChI=1S/C16H16N2OS2/c1-10-6-7-13(9-11(10)2)21-12(3)15-17-18-16(19-15)14-5-4-8-20-14/h4-9,12H,1-3H3. The molecule has 0 saturated carbocycles. The van der Waals surface area contributed by atoms with E-state index in [-0.39, 0.29) is 5.25 Å². The van der Waals surface area contributed by atoms with Gasteiger partial charge in [0.1, 0.15) is 0 Å². The normalized spacial score (nSPS) is 12.5. The van der Waals surface area contributed by atoms with Gasteiger partial charge >= 0.3 is 0 Å². The van der Waals surface area contributed by atoms with E-state index in [4.69, 9.17) is 4.42 Å². The van der Waals surface area contributed by atoms with Gasteiger partial charge in [0.2, 0.25) is 5.89 Å². The Balaban J connectivity index is 1.76. The molecular weight excluding hydrogens is 300 g/mol. The zero-order valence-corrected chi connectivity index (χ0v) is 13.8. The Bertz CT molecular complexity index is 735. The van der Waals surface area contributed by atoms with Crippen LogP contribution in [-0.4, -0.2) is 10.2 Å². The molecule has 3 nitrogen and oxygen atoms in total. The molecule has 0 aliphatic carbocycles. The zero-order valence-electron chi connectivity index (χ0n) is 12.2. The van der Waals surface area contributed by atoms with Crippen LogP contribution < -0.4 is 0 Å². The largest absolute Gasteiger partial charge is 0.419 e. The third-order valence-electron chi connectivity index (χ3n) is 3.31. The van der Waals surface area contributed by atoms with Crippen LogP contribution >= 0.6 is 23.1 Å². The summed E-state index contributed by atoms with van der Waals surface area (Å²) < 4.78 is 5.78. The number of aryl methyl sites for hydroxylation is 2. The van der Waals surface area contributed by atoms with Crippen LogP contribution in [0.3, 0.4) is 0 Å². The van der Waals surface area contributed by atoms with Gasteiger partial charge in [-0.25, -0.2) is 0 Å². The maximum absolute atomic E-state index is 5.78. The van der Waals surface area contributed by atoms with Gasteiger partial charge in [-0.2, -0.15) is 0 Å². The molecule has 2 aromatic heterocycles. The molecule has 2 heterocycles. The average molecular weight is 316 g/mol. The highest BCUT2D eigenvalue weighted by atomic mass is 32.2. The predicted octanol–water partition coefficient (Wildman–Crippen LogP) is 5.27. The lowest BCUT2D eigenvalue weighted by Crippen LogP contribution is -1.89. The first-order valence-corrected chi connectivity index (χ1v) is 8.50. The van der Waals surface area contributed by atoms with E-state index in [0.717, 1.165) is 4.88 Å². The molecule has 0 aliphatic heterocycles. The number of benzene rings is 1. The summed E-state index contributed by atoms with van der Waals surface area (Å²) in [6.45, 7) is 6.34. The second-order valence-electron chi connectivity index (χ2n) is 4.93. The van der Waals surface area contributed by atoms with Gasteiger partial charge in [0.05, 0.1) is 10.1 Å². The van der Waals surface area contributed by atoms with E-state index in [1.54, 1.807) is 23.1 Å². The second-order valence-corrected chi connectivity index (χ2v) is 7.29. The molecule has 0 bridgehead atoms. The lowest BCUT2D eigenvalue weighted by molar-refractivity contribution is 0.510.